The van der Waals surface area contributed by atoms with Gasteiger partial charge in [0.05, 0.1) is 0 Å². The van der Waals surface area contributed by atoms with E-state index in [9.17, 15) is 4.79 Å². The van der Waals surface area contributed by atoms with Crippen LogP contribution in [0, 0.1) is 0 Å². The molecule has 0 spiro atoms. The summed E-state index contributed by atoms with van der Waals surface area (Å²) in [5, 5.41) is 19.0. The predicted molar refractivity (Wildman–Crippen MR) is 58.6 cm³/mol. The van der Waals surface area contributed by atoms with Crippen molar-refractivity contribution in [2.45, 2.75) is 12.8 Å². The number of anilines is 1. The van der Waals surface area contributed by atoms with Crippen LogP contribution in [0.15, 0.2) is 12.1 Å². The molecule has 1 aromatic rings. The lowest BCUT2D eigenvalue weighted by Crippen LogP contribution is -2.07. The molecule has 1 aromatic heterocycles. The zero-order valence-electron chi connectivity index (χ0n) is 9.14. The first kappa shape index (κ1) is 12.4. The summed E-state index contributed by atoms with van der Waals surface area (Å²) in [6, 6.07) is 3.03. The molecule has 0 fully saturated rings. The summed E-state index contributed by atoms with van der Waals surface area (Å²) in [6.07, 6.45) is 1.94. The Kier molecular flexibility index (Phi) is 5.21. The lowest BCUT2D eigenvalue weighted by atomic mass is 10.3. The highest BCUT2D eigenvalue weighted by molar-refractivity contribution is 5.85. The molecular formula is C10H15N3O3. The first-order chi connectivity index (χ1) is 7.74. The van der Waals surface area contributed by atoms with Crippen LogP contribution in [0.5, 0.6) is 0 Å². The fourth-order valence-corrected chi connectivity index (χ4v) is 1.13. The highest BCUT2D eigenvalue weighted by Gasteiger charge is 2.04. The highest BCUT2D eigenvalue weighted by atomic mass is 16.5. The van der Waals surface area contributed by atoms with E-state index in [1.165, 1.54) is 6.07 Å². The number of carboxylic acids is 1. The minimum absolute atomic E-state index is 0.0510. The molecule has 0 aromatic carbocycles. The maximum atomic E-state index is 10.5. The maximum absolute atomic E-state index is 10.5. The Morgan fingerprint density at radius 2 is 2.25 bits per heavy atom. The van der Waals surface area contributed by atoms with Gasteiger partial charge < -0.3 is 15.2 Å². The first-order valence-electron chi connectivity index (χ1n) is 5.04. The molecule has 0 aliphatic carbocycles. The van der Waals surface area contributed by atoms with Gasteiger partial charge in [-0.3, -0.25) is 0 Å². The number of nitrogens with one attached hydrogen (secondary N) is 1. The molecule has 1 rings (SSSR count). The van der Waals surface area contributed by atoms with Crippen molar-refractivity contribution in [2.24, 2.45) is 0 Å². The van der Waals surface area contributed by atoms with Crippen LogP contribution in [0.1, 0.15) is 23.3 Å². The molecule has 0 amide bonds. The summed E-state index contributed by atoms with van der Waals surface area (Å²) in [5.74, 6) is -0.485. The molecule has 0 saturated carbocycles. The Hall–Kier alpha value is -1.69. The monoisotopic (exact) mass is 225 g/mol. The molecule has 6 nitrogen and oxygen atoms in total. The number of hydrogen-bond acceptors (Lipinski definition) is 5. The second kappa shape index (κ2) is 6.73. The zero-order valence-corrected chi connectivity index (χ0v) is 9.14. The normalized spacial score (nSPS) is 10.1. The van der Waals surface area contributed by atoms with Crippen molar-refractivity contribution < 1.29 is 14.6 Å². The summed E-state index contributed by atoms with van der Waals surface area (Å²) in [6.45, 7) is 1.51. The van der Waals surface area contributed by atoms with Crippen molar-refractivity contribution in [3.05, 3.63) is 17.8 Å². The Bertz CT molecular complexity index is 327. The van der Waals surface area contributed by atoms with Gasteiger partial charge in [0.1, 0.15) is 5.82 Å². The molecule has 88 valence electrons. The molecule has 1 heterocycles. The molecule has 0 radical (unpaired) electrons. The number of unbranched alkanes of at least 4 members (excludes halogenated alkanes) is 1. The molecule has 0 bridgehead atoms. The highest BCUT2D eigenvalue weighted by Crippen LogP contribution is 2.02. The van der Waals surface area contributed by atoms with E-state index in [0.29, 0.717) is 5.82 Å². The average Bonchev–Trinajstić information content (AvgIpc) is 2.29. The third kappa shape index (κ3) is 4.22. The predicted octanol–water partition coefficient (Wildman–Crippen LogP) is 1.01. The van der Waals surface area contributed by atoms with E-state index in [1.54, 1.807) is 13.2 Å². The Morgan fingerprint density at radius 1 is 1.44 bits per heavy atom. The van der Waals surface area contributed by atoms with E-state index in [-0.39, 0.29) is 5.69 Å². The van der Waals surface area contributed by atoms with Crippen LogP contribution >= 0.6 is 0 Å². The molecule has 6 heteroatoms. The Labute approximate surface area is 93.6 Å². The fourth-order valence-electron chi connectivity index (χ4n) is 1.13. The van der Waals surface area contributed by atoms with Gasteiger partial charge in [0, 0.05) is 20.3 Å². The van der Waals surface area contributed by atoms with Gasteiger partial charge >= 0.3 is 5.97 Å². The van der Waals surface area contributed by atoms with Gasteiger partial charge in [-0.25, -0.2) is 4.79 Å². The van der Waals surface area contributed by atoms with Crippen molar-refractivity contribution in [2.75, 3.05) is 25.6 Å². The number of rotatable bonds is 7. The minimum atomic E-state index is -1.07. The van der Waals surface area contributed by atoms with E-state index < -0.39 is 5.97 Å². The first-order valence-corrected chi connectivity index (χ1v) is 5.04. The fraction of sp³-hybridized carbons (Fsp3) is 0.500. The Balaban J connectivity index is 2.29. The summed E-state index contributed by atoms with van der Waals surface area (Å²) < 4.78 is 4.92. The van der Waals surface area contributed by atoms with Gasteiger partial charge in [0.15, 0.2) is 5.69 Å². The minimum Gasteiger partial charge on any atom is -0.476 e. The Morgan fingerprint density at radius 3 is 2.81 bits per heavy atom. The van der Waals surface area contributed by atoms with Gasteiger partial charge in [-0.05, 0) is 25.0 Å². The van der Waals surface area contributed by atoms with Crippen molar-refractivity contribution in [3.63, 3.8) is 0 Å². The van der Waals surface area contributed by atoms with Gasteiger partial charge in [0.25, 0.3) is 0 Å². The lowest BCUT2D eigenvalue weighted by molar-refractivity contribution is 0.0689. The van der Waals surface area contributed by atoms with Crippen molar-refractivity contribution in [3.8, 4) is 0 Å². The van der Waals surface area contributed by atoms with Crippen molar-refractivity contribution >= 4 is 11.8 Å². The third-order valence-electron chi connectivity index (χ3n) is 1.97. The second-order valence-corrected chi connectivity index (χ2v) is 3.24. The summed E-state index contributed by atoms with van der Waals surface area (Å²) in [4.78, 5) is 10.5. The van der Waals surface area contributed by atoms with Gasteiger partial charge in [-0.15, -0.1) is 10.2 Å². The number of aromatic nitrogens is 2. The van der Waals surface area contributed by atoms with Crippen LogP contribution in [0.3, 0.4) is 0 Å². The van der Waals surface area contributed by atoms with E-state index in [1.807, 2.05) is 0 Å². The largest absolute Gasteiger partial charge is 0.476 e. The molecule has 0 aliphatic rings. The van der Waals surface area contributed by atoms with Crippen molar-refractivity contribution in [1.29, 1.82) is 0 Å². The molecular weight excluding hydrogens is 210 g/mol. The molecule has 0 unspecified atom stereocenters. The molecule has 0 atom stereocenters. The summed E-state index contributed by atoms with van der Waals surface area (Å²) in [7, 11) is 1.67. The number of carboxylic acid groups (broad SMARTS) is 1. The van der Waals surface area contributed by atoms with Crippen LogP contribution in [0.2, 0.25) is 0 Å². The van der Waals surface area contributed by atoms with Crippen LogP contribution in [0.25, 0.3) is 0 Å². The van der Waals surface area contributed by atoms with Crippen LogP contribution < -0.4 is 5.32 Å². The average molecular weight is 225 g/mol. The number of aromatic carboxylic acids is 1. The number of hydrogen-bond donors (Lipinski definition) is 2. The standard InChI is InChI=1S/C10H15N3O3/c1-16-7-3-2-6-11-9-5-4-8(10(14)15)12-13-9/h4-5H,2-3,6-7H2,1H3,(H,11,13)(H,14,15). The lowest BCUT2D eigenvalue weighted by Gasteiger charge is -2.04. The van der Waals surface area contributed by atoms with Gasteiger partial charge in [-0.1, -0.05) is 0 Å². The molecule has 16 heavy (non-hydrogen) atoms. The van der Waals surface area contributed by atoms with Crippen molar-refractivity contribution in [1.82, 2.24) is 10.2 Å². The van der Waals surface area contributed by atoms with E-state index >= 15 is 0 Å². The zero-order chi connectivity index (χ0) is 11.8. The second-order valence-electron chi connectivity index (χ2n) is 3.24. The van der Waals surface area contributed by atoms with E-state index in [0.717, 1.165) is 26.0 Å². The number of ether oxygens (including phenoxy) is 1. The summed E-state index contributed by atoms with van der Waals surface area (Å²) >= 11 is 0. The van der Waals surface area contributed by atoms with Crippen LogP contribution in [0.4, 0.5) is 5.82 Å². The topological polar surface area (TPSA) is 84.3 Å². The SMILES string of the molecule is COCCCCNc1ccc(C(=O)O)nn1. The number of methoxy groups -OCH3 is 1. The van der Waals surface area contributed by atoms with Gasteiger partial charge in [-0.2, -0.15) is 0 Å². The maximum Gasteiger partial charge on any atom is 0.356 e. The van der Waals surface area contributed by atoms with E-state index in [2.05, 4.69) is 15.5 Å². The number of nitrogens with zero attached hydrogens (tertiary/aromatic N) is 2. The van der Waals surface area contributed by atoms with Crippen LogP contribution in [-0.2, 0) is 4.74 Å². The quantitative estimate of drug-likeness (QED) is 0.674. The molecule has 0 saturated heterocycles. The van der Waals surface area contributed by atoms with Gasteiger partial charge in [0.2, 0.25) is 0 Å². The van der Waals surface area contributed by atoms with Crippen LogP contribution in [-0.4, -0.2) is 41.5 Å². The molecule has 2 N–H and O–H groups in total. The smallest absolute Gasteiger partial charge is 0.356 e. The molecule has 0 aliphatic heterocycles. The van der Waals surface area contributed by atoms with E-state index in [4.69, 9.17) is 9.84 Å². The third-order valence-corrected chi connectivity index (χ3v) is 1.97. The number of carbonyl (C=O) groups is 1. The summed E-state index contributed by atoms with van der Waals surface area (Å²) in [5.41, 5.74) is -0.0510.